The van der Waals surface area contributed by atoms with Crippen LogP contribution in [0.25, 0.3) is 5.82 Å². The first-order chi connectivity index (χ1) is 12.4. The average Bonchev–Trinajstić information content (AvgIpc) is 3.09. The SMILES string of the molecule is N/C(=N\O)c1cnc(Nc2ccn(-c3ccc(C(F)(F)F)cn3)n2)cn1. The molecule has 3 heterocycles. The van der Waals surface area contributed by atoms with Gasteiger partial charge in [-0.25, -0.2) is 19.6 Å². The van der Waals surface area contributed by atoms with Crippen molar-refractivity contribution in [3.8, 4) is 5.82 Å². The summed E-state index contributed by atoms with van der Waals surface area (Å²) in [5.41, 5.74) is 4.74. The number of alkyl halides is 3. The van der Waals surface area contributed by atoms with Gasteiger partial charge < -0.3 is 16.3 Å². The van der Waals surface area contributed by atoms with E-state index in [1.165, 1.54) is 29.3 Å². The molecule has 4 N–H and O–H groups in total. The van der Waals surface area contributed by atoms with Crippen molar-refractivity contribution in [3.63, 3.8) is 0 Å². The predicted octanol–water partition coefficient (Wildman–Crippen LogP) is 1.91. The van der Waals surface area contributed by atoms with Crippen LogP contribution in [0.4, 0.5) is 24.8 Å². The second kappa shape index (κ2) is 6.66. The van der Waals surface area contributed by atoms with Crippen molar-refractivity contribution in [2.45, 2.75) is 6.18 Å². The molecule has 0 saturated carbocycles. The molecule has 0 unspecified atom stereocenters. The number of amidine groups is 1. The lowest BCUT2D eigenvalue weighted by Gasteiger charge is -2.06. The maximum Gasteiger partial charge on any atom is 0.417 e. The molecule has 0 atom stereocenters. The van der Waals surface area contributed by atoms with Crippen molar-refractivity contribution in [1.29, 1.82) is 0 Å². The van der Waals surface area contributed by atoms with Gasteiger partial charge in [-0.15, -0.1) is 5.10 Å². The Morgan fingerprint density at radius 3 is 2.46 bits per heavy atom. The second-order valence-corrected chi connectivity index (χ2v) is 4.95. The van der Waals surface area contributed by atoms with Crippen LogP contribution in [0.5, 0.6) is 0 Å². The molecule has 0 saturated heterocycles. The van der Waals surface area contributed by atoms with Gasteiger partial charge in [0.15, 0.2) is 17.5 Å². The van der Waals surface area contributed by atoms with Crippen LogP contribution in [0, 0.1) is 0 Å². The number of rotatable bonds is 4. The molecule has 3 aromatic rings. The summed E-state index contributed by atoms with van der Waals surface area (Å²) in [6, 6.07) is 3.72. The average molecular weight is 364 g/mol. The number of oxime groups is 1. The number of hydrogen-bond acceptors (Lipinski definition) is 7. The molecule has 3 rings (SSSR count). The molecular formula is C14H11F3N8O. The molecule has 0 radical (unpaired) electrons. The summed E-state index contributed by atoms with van der Waals surface area (Å²) in [7, 11) is 0. The Morgan fingerprint density at radius 1 is 1.08 bits per heavy atom. The zero-order valence-electron chi connectivity index (χ0n) is 12.9. The molecule has 0 aliphatic rings. The van der Waals surface area contributed by atoms with Crippen LogP contribution in [0.15, 0.2) is 48.1 Å². The third-order valence-corrected chi connectivity index (χ3v) is 3.18. The number of aromatic nitrogens is 5. The number of halogens is 3. The van der Waals surface area contributed by atoms with Crippen LogP contribution in [0.3, 0.4) is 0 Å². The van der Waals surface area contributed by atoms with E-state index in [4.69, 9.17) is 10.9 Å². The Labute approximate surface area is 144 Å². The lowest BCUT2D eigenvalue weighted by atomic mass is 10.3. The summed E-state index contributed by atoms with van der Waals surface area (Å²) in [6.45, 7) is 0. The topological polar surface area (TPSA) is 127 Å². The molecule has 0 amide bonds. The van der Waals surface area contributed by atoms with Gasteiger partial charge >= 0.3 is 6.18 Å². The minimum Gasteiger partial charge on any atom is -0.409 e. The number of pyridine rings is 1. The van der Waals surface area contributed by atoms with Crippen LogP contribution in [-0.4, -0.2) is 35.8 Å². The highest BCUT2D eigenvalue weighted by atomic mass is 19.4. The quantitative estimate of drug-likeness (QED) is 0.279. The zero-order chi connectivity index (χ0) is 18.7. The lowest BCUT2D eigenvalue weighted by Crippen LogP contribution is -2.15. The molecule has 0 spiro atoms. The fourth-order valence-electron chi connectivity index (χ4n) is 1.91. The fraction of sp³-hybridized carbons (Fsp3) is 0.0714. The minimum atomic E-state index is -4.45. The van der Waals surface area contributed by atoms with Crippen molar-refractivity contribution in [3.05, 3.63) is 54.2 Å². The molecule has 0 aromatic carbocycles. The molecule has 0 bridgehead atoms. The first-order valence-corrected chi connectivity index (χ1v) is 7.03. The number of nitrogens with one attached hydrogen (secondary N) is 1. The highest BCUT2D eigenvalue weighted by molar-refractivity contribution is 5.94. The summed E-state index contributed by atoms with van der Waals surface area (Å²) in [4.78, 5) is 11.7. The molecule has 134 valence electrons. The molecule has 0 aliphatic carbocycles. The minimum absolute atomic E-state index is 0.179. The van der Waals surface area contributed by atoms with Crippen LogP contribution in [0.1, 0.15) is 11.3 Å². The van der Waals surface area contributed by atoms with Gasteiger partial charge in [0.25, 0.3) is 0 Å². The summed E-state index contributed by atoms with van der Waals surface area (Å²) in [5, 5.41) is 18.4. The van der Waals surface area contributed by atoms with Crippen molar-refractivity contribution >= 4 is 17.5 Å². The third-order valence-electron chi connectivity index (χ3n) is 3.18. The van der Waals surface area contributed by atoms with Crippen LogP contribution < -0.4 is 11.1 Å². The normalized spacial score (nSPS) is 12.2. The fourth-order valence-corrected chi connectivity index (χ4v) is 1.91. The Kier molecular flexibility index (Phi) is 4.39. The van der Waals surface area contributed by atoms with Gasteiger partial charge in [-0.3, -0.25) is 0 Å². The predicted molar refractivity (Wildman–Crippen MR) is 84.2 cm³/mol. The van der Waals surface area contributed by atoms with E-state index in [2.05, 4.69) is 30.5 Å². The summed E-state index contributed by atoms with van der Waals surface area (Å²) in [5.74, 6) is 0.754. The molecule has 3 aromatic heterocycles. The zero-order valence-corrected chi connectivity index (χ0v) is 12.9. The van der Waals surface area contributed by atoms with E-state index in [1.807, 2.05) is 0 Å². The van der Waals surface area contributed by atoms with Crippen LogP contribution in [-0.2, 0) is 6.18 Å². The standard InChI is InChI=1S/C14H11F3N8O/c15-14(16,17)8-1-2-12(21-5-8)25-4-3-10(23-25)22-11-7-19-9(6-20-11)13(18)24-26/h1-7,26H,(H2,18,24)(H,20,22,23). The largest absolute Gasteiger partial charge is 0.417 e. The smallest absolute Gasteiger partial charge is 0.409 e. The summed E-state index contributed by atoms with van der Waals surface area (Å²) >= 11 is 0. The van der Waals surface area contributed by atoms with E-state index in [0.717, 1.165) is 12.3 Å². The molecule has 26 heavy (non-hydrogen) atoms. The van der Waals surface area contributed by atoms with E-state index in [9.17, 15) is 13.2 Å². The van der Waals surface area contributed by atoms with Gasteiger partial charge in [0.05, 0.1) is 18.0 Å². The Bertz CT molecular complexity index is 919. The Morgan fingerprint density at radius 2 is 1.88 bits per heavy atom. The number of hydrogen-bond donors (Lipinski definition) is 3. The van der Waals surface area contributed by atoms with Crippen molar-refractivity contribution in [2.75, 3.05) is 5.32 Å². The van der Waals surface area contributed by atoms with Crippen LogP contribution in [0.2, 0.25) is 0 Å². The molecule has 12 heteroatoms. The van der Waals surface area contributed by atoms with Crippen molar-refractivity contribution in [2.24, 2.45) is 10.9 Å². The molecule has 0 aliphatic heterocycles. The first kappa shape index (κ1) is 17.1. The first-order valence-electron chi connectivity index (χ1n) is 7.03. The van der Waals surface area contributed by atoms with E-state index in [0.29, 0.717) is 11.6 Å². The van der Waals surface area contributed by atoms with E-state index in [1.54, 1.807) is 6.07 Å². The second-order valence-electron chi connectivity index (χ2n) is 4.95. The summed E-state index contributed by atoms with van der Waals surface area (Å²) < 4.78 is 39.0. The molecular weight excluding hydrogens is 353 g/mol. The molecule has 0 fully saturated rings. The lowest BCUT2D eigenvalue weighted by molar-refractivity contribution is -0.137. The Balaban J connectivity index is 1.74. The van der Waals surface area contributed by atoms with E-state index in [-0.39, 0.29) is 17.3 Å². The third kappa shape index (κ3) is 3.68. The van der Waals surface area contributed by atoms with E-state index >= 15 is 0 Å². The van der Waals surface area contributed by atoms with Gasteiger partial charge in [-0.2, -0.15) is 13.2 Å². The van der Waals surface area contributed by atoms with E-state index < -0.39 is 11.7 Å². The number of nitrogens with two attached hydrogens (primary N) is 1. The van der Waals surface area contributed by atoms with Crippen LogP contribution >= 0.6 is 0 Å². The highest BCUT2D eigenvalue weighted by Gasteiger charge is 2.30. The van der Waals surface area contributed by atoms with Gasteiger partial charge in [0, 0.05) is 18.5 Å². The highest BCUT2D eigenvalue weighted by Crippen LogP contribution is 2.28. The van der Waals surface area contributed by atoms with Gasteiger partial charge in [-0.05, 0) is 12.1 Å². The molecule has 9 nitrogen and oxygen atoms in total. The van der Waals surface area contributed by atoms with Crippen molar-refractivity contribution in [1.82, 2.24) is 24.7 Å². The Hall–Kier alpha value is -3.70. The number of anilines is 2. The summed E-state index contributed by atoms with van der Waals surface area (Å²) in [6.07, 6.45) is 0.462. The maximum atomic E-state index is 12.6. The monoisotopic (exact) mass is 364 g/mol. The van der Waals surface area contributed by atoms with Crippen molar-refractivity contribution < 1.29 is 18.4 Å². The van der Waals surface area contributed by atoms with Gasteiger partial charge in [-0.1, -0.05) is 5.16 Å². The number of nitrogens with zero attached hydrogens (tertiary/aromatic N) is 6. The van der Waals surface area contributed by atoms with Gasteiger partial charge in [0.2, 0.25) is 0 Å². The van der Waals surface area contributed by atoms with Gasteiger partial charge in [0.1, 0.15) is 11.5 Å². The maximum absolute atomic E-state index is 12.6.